The van der Waals surface area contributed by atoms with E-state index in [1.165, 1.54) is 16.2 Å². The Morgan fingerprint density at radius 2 is 1.97 bits per heavy atom. The summed E-state index contributed by atoms with van der Waals surface area (Å²) in [5, 5.41) is 3.22. The Morgan fingerprint density at radius 3 is 2.73 bits per heavy atom. The number of benzene rings is 1. The number of rotatable bonds is 8. The molecule has 0 saturated carbocycles. The minimum Gasteiger partial charge on any atom is -0.385 e. The highest BCUT2D eigenvalue weighted by molar-refractivity contribution is 8.26. The van der Waals surface area contributed by atoms with Crippen LogP contribution in [0, 0.1) is 6.92 Å². The van der Waals surface area contributed by atoms with Gasteiger partial charge in [-0.25, -0.2) is 4.98 Å². The Labute approximate surface area is 201 Å². The van der Waals surface area contributed by atoms with Crippen molar-refractivity contribution in [3.63, 3.8) is 0 Å². The van der Waals surface area contributed by atoms with Crippen LogP contribution in [0.15, 0.2) is 58.4 Å². The fraction of sp³-hybridized carbons (Fsp3) is 0.250. The summed E-state index contributed by atoms with van der Waals surface area (Å²) in [6.45, 7) is 3.58. The maximum Gasteiger partial charge on any atom is 0.267 e. The van der Waals surface area contributed by atoms with E-state index >= 15 is 0 Å². The minimum atomic E-state index is -0.251. The van der Waals surface area contributed by atoms with Crippen LogP contribution in [0.2, 0.25) is 0 Å². The maximum atomic E-state index is 13.3. The second kappa shape index (κ2) is 10.3. The smallest absolute Gasteiger partial charge is 0.267 e. The van der Waals surface area contributed by atoms with E-state index in [2.05, 4.69) is 10.3 Å². The molecule has 1 aliphatic heterocycles. The number of ether oxygens (including phenoxy) is 1. The number of carbonyl (C=O) groups excluding carboxylic acids is 1. The lowest BCUT2D eigenvalue weighted by atomic mass is 10.1. The largest absolute Gasteiger partial charge is 0.385 e. The second-order valence-corrected chi connectivity index (χ2v) is 9.31. The van der Waals surface area contributed by atoms with Crippen molar-refractivity contribution in [2.45, 2.75) is 19.9 Å². The van der Waals surface area contributed by atoms with Gasteiger partial charge in [-0.3, -0.25) is 18.9 Å². The normalized spacial score (nSPS) is 15.1. The van der Waals surface area contributed by atoms with E-state index in [0.29, 0.717) is 46.0 Å². The summed E-state index contributed by atoms with van der Waals surface area (Å²) in [5.41, 5.74) is 2.75. The van der Waals surface area contributed by atoms with Gasteiger partial charge >= 0.3 is 0 Å². The third kappa shape index (κ3) is 5.16. The Hall–Kier alpha value is -3.01. The van der Waals surface area contributed by atoms with Gasteiger partial charge in [-0.05, 0) is 37.1 Å². The van der Waals surface area contributed by atoms with E-state index < -0.39 is 0 Å². The van der Waals surface area contributed by atoms with Crippen molar-refractivity contribution in [1.29, 1.82) is 0 Å². The summed E-state index contributed by atoms with van der Waals surface area (Å²) < 4.78 is 7.04. The number of aromatic nitrogens is 2. The minimum absolute atomic E-state index is 0.214. The molecule has 7 nitrogen and oxygen atoms in total. The van der Waals surface area contributed by atoms with Crippen LogP contribution < -0.4 is 10.9 Å². The third-order valence-corrected chi connectivity index (χ3v) is 6.57. The molecule has 170 valence electrons. The number of carbonyl (C=O) groups is 1. The summed E-state index contributed by atoms with van der Waals surface area (Å²) in [6.07, 6.45) is 4.02. The first-order valence-electron chi connectivity index (χ1n) is 10.5. The zero-order chi connectivity index (χ0) is 23.4. The van der Waals surface area contributed by atoms with Gasteiger partial charge in [0.15, 0.2) is 0 Å². The van der Waals surface area contributed by atoms with Gasteiger partial charge in [0.1, 0.15) is 15.8 Å². The van der Waals surface area contributed by atoms with Gasteiger partial charge in [0.05, 0.1) is 17.0 Å². The quantitative estimate of drug-likeness (QED) is 0.298. The molecule has 0 radical (unpaired) electrons. The van der Waals surface area contributed by atoms with Gasteiger partial charge in [-0.15, -0.1) is 0 Å². The van der Waals surface area contributed by atoms with Crippen LogP contribution in [0.5, 0.6) is 0 Å². The van der Waals surface area contributed by atoms with Crippen LogP contribution in [0.3, 0.4) is 0 Å². The Balaban J connectivity index is 1.67. The Bertz CT molecular complexity index is 1290. The lowest BCUT2D eigenvalue weighted by molar-refractivity contribution is -0.122. The molecule has 1 N–H and O–H groups in total. The monoisotopic (exact) mass is 480 g/mol. The van der Waals surface area contributed by atoms with E-state index in [-0.39, 0.29) is 11.5 Å². The number of thiocarbonyl (C=S) groups is 1. The summed E-state index contributed by atoms with van der Waals surface area (Å²) >= 11 is 6.68. The van der Waals surface area contributed by atoms with E-state index in [1.807, 2.05) is 37.3 Å². The molecule has 0 spiro atoms. The molecule has 33 heavy (non-hydrogen) atoms. The molecule has 1 aromatic carbocycles. The summed E-state index contributed by atoms with van der Waals surface area (Å²) in [7, 11) is 1.64. The van der Waals surface area contributed by atoms with E-state index in [4.69, 9.17) is 17.0 Å². The molecule has 9 heteroatoms. The number of thioether (sulfide) groups is 1. The molecule has 0 bridgehead atoms. The van der Waals surface area contributed by atoms with Crippen LogP contribution in [-0.2, 0) is 16.1 Å². The molecular weight excluding hydrogens is 456 g/mol. The molecule has 0 unspecified atom stereocenters. The number of hydrogen-bond donors (Lipinski definition) is 1. The van der Waals surface area contributed by atoms with Crippen molar-refractivity contribution in [2.24, 2.45) is 0 Å². The number of fused-ring (bicyclic) bond motifs is 1. The summed E-state index contributed by atoms with van der Waals surface area (Å²) in [5.74, 6) is 0.222. The van der Waals surface area contributed by atoms with Crippen LogP contribution >= 0.6 is 24.0 Å². The zero-order valence-electron chi connectivity index (χ0n) is 18.4. The lowest BCUT2D eigenvalue weighted by Crippen LogP contribution is -2.27. The summed E-state index contributed by atoms with van der Waals surface area (Å²) in [4.78, 5) is 33.0. The highest BCUT2D eigenvalue weighted by Gasteiger charge is 2.32. The molecule has 0 atom stereocenters. The maximum absolute atomic E-state index is 13.3. The highest BCUT2D eigenvalue weighted by Crippen LogP contribution is 2.34. The first-order valence-corrected chi connectivity index (χ1v) is 11.8. The van der Waals surface area contributed by atoms with E-state index in [9.17, 15) is 9.59 Å². The Kier molecular flexibility index (Phi) is 7.22. The standard InChI is InChI=1S/C24H24N4O3S2/c1-16-7-9-17(10-8-16)15-28-23(30)19(33-24(28)32)14-18-21(25-11-5-13-31-2)26-20-6-3-4-12-27(20)22(18)29/h3-4,6-10,12,14,25H,5,11,13,15H2,1-2H3. The van der Waals surface area contributed by atoms with Crippen molar-refractivity contribution in [1.82, 2.24) is 14.3 Å². The number of nitrogens with one attached hydrogen (secondary N) is 1. The van der Waals surface area contributed by atoms with Crippen LogP contribution in [-0.4, -0.2) is 44.8 Å². The van der Waals surface area contributed by atoms with Crippen LogP contribution in [0.4, 0.5) is 5.82 Å². The van der Waals surface area contributed by atoms with E-state index in [1.54, 1.807) is 36.4 Å². The number of nitrogens with zero attached hydrogens (tertiary/aromatic N) is 3. The van der Waals surface area contributed by atoms with Crippen molar-refractivity contribution < 1.29 is 9.53 Å². The number of aryl methyl sites for hydroxylation is 1. The molecule has 1 fully saturated rings. The second-order valence-electron chi connectivity index (χ2n) is 7.63. The average Bonchev–Trinajstić information content (AvgIpc) is 3.07. The average molecular weight is 481 g/mol. The van der Waals surface area contributed by atoms with Gasteiger partial charge in [-0.2, -0.15) is 0 Å². The third-order valence-electron chi connectivity index (χ3n) is 5.20. The number of pyridine rings is 1. The Morgan fingerprint density at radius 1 is 1.18 bits per heavy atom. The molecule has 1 saturated heterocycles. The molecule has 1 amide bonds. The van der Waals surface area contributed by atoms with Crippen LogP contribution in [0.1, 0.15) is 23.1 Å². The van der Waals surface area contributed by atoms with Gasteiger partial charge in [0.2, 0.25) is 0 Å². The fourth-order valence-electron chi connectivity index (χ4n) is 3.43. The first-order chi connectivity index (χ1) is 16.0. The molecule has 1 aliphatic rings. The van der Waals surface area contributed by atoms with Crippen molar-refractivity contribution >= 4 is 51.7 Å². The molecular formula is C24H24N4O3S2. The summed E-state index contributed by atoms with van der Waals surface area (Å²) in [6, 6.07) is 13.3. The number of methoxy groups -OCH3 is 1. The van der Waals surface area contributed by atoms with Gasteiger partial charge in [0, 0.05) is 26.5 Å². The fourth-order valence-corrected chi connectivity index (χ4v) is 4.67. The molecule has 3 heterocycles. The number of anilines is 1. The van der Waals surface area contributed by atoms with Gasteiger partial charge < -0.3 is 10.1 Å². The highest BCUT2D eigenvalue weighted by atomic mass is 32.2. The molecule has 4 rings (SSSR count). The topological polar surface area (TPSA) is 75.9 Å². The van der Waals surface area contributed by atoms with Crippen molar-refractivity contribution in [3.8, 4) is 0 Å². The van der Waals surface area contributed by atoms with Gasteiger partial charge in [-0.1, -0.05) is 59.9 Å². The number of hydrogen-bond acceptors (Lipinski definition) is 7. The molecule has 2 aromatic heterocycles. The van der Waals surface area contributed by atoms with Crippen molar-refractivity contribution in [3.05, 3.63) is 80.6 Å². The van der Waals surface area contributed by atoms with E-state index in [0.717, 1.165) is 17.5 Å². The van der Waals surface area contributed by atoms with Crippen molar-refractivity contribution in [2.75, 3.05) is 25.6 Å². The van der Waals surface area contributed by atoms with Crippen LogP contribution in [0.25, 0.3) is 11.7 Å². The van der Waals surface area contributed by atoms with Gasteiger partial charge in [0.25, 0.3) is 11.5 Å². The molecule has 3 aromatic rings. The zero-order valence-corrected chi connectivity index (χ0v) is 20.0. The lowest BCUT2D eigenvalue weighted by Gasteiger charge is -2.14. The predicted molar refractivity (Wildman–Crippen MR) is 136 cm³/mol. The SMILES string of the molecule is COCCCNc1nc2ccccn2c(=O)c1C=C1SC(=S)N(Cc2ccc(C)cc2)C1=O. The number of amides is 1. The first kappa shape index (κ1) is 23.2. The molecule has 0 aliphatic carbocycles. The predicted octanol–water partition coefficient (Wildman–Crippen LogP) is 3.85.